The third-order valence-electron chi connectivity index (χ3n) is 4.83. The predicted molar refractivity (Wildman–Crippen MR) is 96.2 cm³/mol. The van der Waals surface area contributed by atoms with E-state index in [1.54, 1.807) is 6.20 Å². The fourth-order valence-electron chi connectivity index (χ4n) is 3.49. The monoisotopic (exact) mass is 307 g/mol. The molecule has 1 N–H and O–H groups in total. The van der Waals surface area contributed by atoms with Crippen molar-refractivity contribution in [2.24, 2.45) is 5.92 Å². The highest BCUT2D eigenvalue weighted by Crippen LogP contribution is 2.58. The summed E-state index contributed by atoms with van der Waals surface area (Å²) in [6.07, 6.45) is 8.25. The largest absolute Gasteiger partial charge is 0.346 e. The summed E-state index contributed by atoms with van der Waals surface area (Å²) >= 11 is 0. The zero-order valence-electron chi connectivity index (χ0n) is 13.2. The predicted octanol–water partition coefficient (Wildman–Crippen LogP) is 1.14. The number of hydrogen-bond acceptors (Lipinski definition) is 3. The topological polar surface area (TPSA) is 59.4 Å². The van der Waals surface area contributed by atoms with Gasteiger partial charge < -0.3 is 4.98 Å². The average molecular weight is 307 g/mol. The maximum absolute atomic E-state index is 6.02. The van der Waals surface area contributed by atoms with Crippen LogP contribution >= 0.6 is 0 Å². The maximum Gasteiger partial charge on any atom is 0.141 e. The lowest BCUT2D eigenvalue weighted by Gasteiger charge is -2.36. The zero-order valence-corrected chi connectivity index (χ0v) is 13.2. The van der Waals surface area contributed by atoms with Crippen LogP contribution in [0.25, 0.3) is 22.3 Å². The number of aromatic nitrogens is 5. The minimum absolute atomic E-state index is 0.181. The van der Waals surface area contributed by atoms with Gasteiger partial charge in [0.25, 0.3) is 0 Å². The van der Waals surface area contributed by atoms with Gasteiger partial charge in [0.15, 0.2) is 0 Å². The van der Waals surface area contributed by atoms with Crippen LogP contribution in [-0.2, 0) is 6.54 Å². The number of hydrogen-bond donors (Lipinski definition) is 1. The second kappa shape index (κ2) is 5.30. The van der Waals surface area contributed by atoms with Crippen molar-refractivity contribution in [3.8, 4) is 11.3 Å². The second-order valence-electron chi connectivity index (χ2n) is 6.77. The molecule has 1 saturated carbocycles. The van der Waals surface area contributed by atoms with Crippen LogP contribution in [0.2, 0.25) is 10.4 Å². The second-order valence-corrected chi connectivity index (χ2v) is 6.77. The Kier molecular flexibility index (Phi) is 3.44. The van der Waals surface area contributed by atoms with Crippen LogP contribution < -0.4 is 0 Å². The summed E-state index contributed by atoms with van der Waals surface area (Å²) in [6, 6.07) is 1.95. The Bertz CT molecular complexity index is 869. The Balaban J connectivity index is 1.57. The SMILES string of the molecule is [B]C1([B])CC(Cn2cc(-c3ncnc4[nH]ccc34)cn2)CC1([B])[B]. The molecule has 8 radical (unpaired) electrons. The van der Waals surface area contributed by atoms with Crippen LogP contribution in [0.4, 0.5) is 0 Å². The highest BCUT2D eigenvalue weighted by Gasteiger charge is 2.44. The van der Waals surface area contributed by atoms with E-state index in [-0.39, 0.29) is 5.92 Å². The number of H-pyrrole nitrogens is 1. The third kappa shape index (κ3) is 2.50. The molecule has 0 aromatic carbocycles. The normalized spacial score (nSPS) is 19.8. The van der Waals surface area contributed by atoms with E-state index in [1.165, 1.54) is 6.33 Å². The molecule has 1 fully saturated rings. The number of nitrogens with zero attached hydrogens (tertiary/aromatic N) is 4. The highest BCUT2D eigenvalue weighted by molar-refractivity contribution is 6.54. The van der Waals surface area contributed by atoms with E-state index in [2.05, 4.69) is 20.1 Å². The molecule has 1 aliphatic rings. The molecule has 1 aliphatic carbocycles. The van der Waals surface area contributed by atoms with E-state index in [4.69, 9.17) is 31.4 Å². The highest BCUT2D eigenvalue weighted by atomic mass is 15.3. The van der Waals surface area contributed by atoms with Crippen molar-refractivity contribution in [2.75, 3.05) is 0 Å². The average Bonchev–Trinajstić information content (AvgIpc) is 3.17. The van der Waals surface area contributed by atoms with Crippen molar-refractivity contribution in [2.45, 2.75) is 29.8 Å². The molecular formula is C15H13B4N5. The first kappa shape index (κ1) is 15.6. The summed E-state index contributed by atoms with van der Waals surface area (Å²) in [5, 5.41) is 3.27. The zero-order chi connectivity index (χ0) is 16.9. The van der Waals surface area contributed by atoms with Gasteiger partial charge in [-0.2, -0.15) is 5.10 Å². The van der Waals surface area contributed by atoms with Crippen LogP contribution in [0.15, 0.2) is 31.0 Å². The molecule has 110 valence electrons. The maximum atomic E-state index is 6.02. The molecule has 0 atom stereocenters. The number of nitrogens with one attached hydrogen (secondary N) is 1. The summed E-state index contributed by atoms with van der Waals surface area (Å²) in [5.74, 6) is 0.181. The van der Waals surface area contributed by atoms with Gasteiger partial charge in [0.2, 0.25) is 0 Å². The standard InChI is InChI=1S/C15H13B4N5/c16-14(17)3-9(4-15(14,18)19)6-24-7-10(5-23-24)12-11-1-2-20-13(11)22-8-21-12/h1-2,5,7-9H,3-4,6H2,(H,20,21,22). The van der Waals surface area contributed by atoms with Gasteiger partial charge in [-0.25, -0.2) is 9.97 Å². The molecule has 0 unspecified atom stereocenters. The fraction of sp³-hybridized carbons (Fsp3) is 0.400. The Morgan fingerprint density at radius 3 is 2.67 bits per heavy atom. The van der Waals surface area contributed by atoms with Crippen LogP contribution in [0.3, 0.4) is 0 Å². The number of fused-ring (bicyclic) bond motifs is 1. The fourth-order valence-corrected chi connectivity index (χ4v) is 3.49. The van der Waals surface area contributed by atoms with E-state index >= 15 is 0 Å². The number of rotatable bonds is 3. The Morgan fingerprint density at radius 1 is 1.17 bits per heavy atom. The van der Waals surface area contributed by atoms with Crippen LogP contribution in [0.5, 0.6) is 0 Å². The van der Waals surface area contributed by atoms with Crippen molar-refractivity contribution in [3.63, 3.8) is 0 Å². The van der Waals surface area contributed by atoms with Crippen molar-refractivity contribution in [1.82, 2.24) is 24.7 Å². The molecule has 0 aliphatic heterocycles. The molecule has 0 saturated heterocycles. The van der Waals surface area contributed by atoms with Crippen molar-refractivity contribution >= 4 is 42.4 Å². The van der Waals surface area contributed by atoms with Crippen molar-refractivity contribution in [3.05, 3.63) is 31.0 Å². The summed E-state index contributed by atoms with van der Waals surface area (Å²) in [5.41, 5.74) is 2.58. The van der Waals surface area contributed by atoms with Crippen LogP contribution in [-0.4, -0.2) is 56.1 Å². The molecule has 3 aromatic heterocycles. The molecule has 24 heavy (non-hydrogen) atoms. The van der Waals surface area contributed by atoms with Gasteiger partial charge in [-0.05, 0) is 12.0 Å². The molecule has 3 aromatic rings. The third-order valence-corrected chi connectivity index (χ3v) is 4.83. The Labute approximate surface area is 145 Å². The molecule has 4 rings (SSSR count). The van der Waals surface area contributed by atoms with E-state index < -0.39 is 10.4 Å². The van der Waals surface area contributed by atoms with Gasteiger partial charge in [0.05, 0.1) is 43.3 Å². The lowest BCUT2D eigenvalue weighted by Crippen LogP contribution is -2.26. The van der Waals surface area contributed by atoms with Gasteiger partial charge in [-0.1, -0.05) is 12.8 Å². The molecular weight excluding hydrogens is 293 g/mol. The summed E-state index contributed by atoms with van der Waals surface area (Å²) in [7, 11) is 24.1. The Hall–Kier alpha value is -1.91. The first-order chi connectivity index (χ1) is 11.4. The quantitative estimate of drug-likeness (QED) is 0.738. The molecule has 9 heteroatoms. The van der Waals surface area contributed by atoms with Crippen LogP contribution in [0, 0.1) is 5.92 Å². The number of aromatic amines is 1. The molecule has 0 bridgehead atoms. The molecule has 5 nitrogen and oxygen atoms in total. The minimum atomic E-state index is -1.06. The van der Waals surface area contributed by atoms with Gasteiger partial charge >= 0.3 is 0 Å². The Morgan fingerprint density at radius 2 is 1.92 bits per heavy atom. The van der Waals surface area contributed by atoms with E-state index in [0.29, 0.717) is 19.4 Å². The molecule has 0 amide bonds. The molecule has 3 heterocycles. The van der Waals surface area contributed by atoms with Gasteiger partial charge in [-0.3, -0.25) is 4.68 Å². The van der Waals surface area contributed by atoms with Gasteiger partial charge in [0.1, 0.15) is 12.0 Å². The summed E-state index contributed by atoms with van der Waals surface area (Å²) in [4.78, 5) is 11.7. The first-order valence-corrected chi connectivity index (χ1v) is 7.82. The van der Waals surface area contributed by atoms with Crippen LogP contribution in [0.1, 0.15) is 12.8 Å². The smallest absolute Gasteiger partial charge is 0.141 e. The minimum Gasteiger partial charge on any atom is -0.346 e. The van der Waals surface area contributed by atoms with Gasteiger partial charge in [-0.15, -0.1) is 10.4 Å². The van der Waals surface area contributed by atoms with Crippen molar-refractivity contribution < 1.29 is 0 Å². The van der Waals surface area contributed by atoms with Gasteiger partial charge in [0, 0.05) is 29.9 Å². The molecule has 0 spiro atoms. The summed E-state index contributed by atoms with van der Waals surface area (Å²) < 4.78 is 1.86. The van der Waals surface area contributed by atoms with E-state index in [0.717, 1.165) is 22.3 Å². The first-order valence-electron chi connectivity index (χ1n) is 7.82. The van der Waals surface area contributed by atoms with E-state index in [1.807, 2.05) is 23.1 Å². The van der Waals surface area contributed by atoms with Crippen molar-refractivity contribution in [1.29, 1.82) is 0 Å². The summed E-state index contributed by atoms with van der Waals surface area (Å²) in [6.45, 7) is 0.660. The lowest BCUT2D eigenvalue weighted by molar-refractivity contribution is 0.425. The van der Waals surface area contributed by atoms with E-state index in [9.17, 15) is 0 Å². The lowest BCUT2D eigenvalue weighted by atomic mass is 9.31.